The van der Waals surface area contributed by atoms with E-state index in [1.165, 1.54) is 12.1 Å². The molecule has 0 aliphatic carbocycles. The van der Waals surface area contributed by atoms with Gasteiger partial charge in [-0.1, -0.05) is 31.5 Å². The summed E-state index contributed by atoms with van der Waals surface area (Å²) in [5, 5.41) is 16.8. The Hall–Kier alpha value is -1.66. The summed E-state index contributed by atoms with van der Waals surface area (Å²) >= 11 is 5.75. The van der Waals surface area contributed by atoms with E-state index < -0.39 is 4.92 Å². The monoisotopic (exact) mass is 313 g/mol. The Morgan fingerprint density at radius 2 is 2.05 bits per heavy atom. The average Bonchev–Trinajstić information content (AvgIpc) is 2.43. The maximum atomic E-state index is 11.8. The third-order valence-electron chi connectivity index (χ3n) is 2.90. The zero-order chi connectivity index (χ0) is 16.0. The quantitative estimate of drug-likeness (QED) is 0.598. The molecule has 1 aromatic carbocycles. The normalized spacial score (nSPS) is 12.2. The summed E-state index contributed by atoms with van der Waals surface area (Å²) in [5.41, 5.74) is 0.572. The van der Waals surface area contributed by atoms with Crippen LogP contribution in [0, 0.1) is 16.0 Å². The number of hydrogen-bond acceptors (Lipinski definition) is 4. The Kier molecular flexibility index (Phi) is 6.58. The zero-order valence-electron chi connectivity index (χ0n) is 12.4. The van der Waals surface area contributed by atoms with Crippen molar-refractivity contribution in [2.75, 3.05) is 6.54 Å². The lowest BCUT2D eigenvalue weighted by molar-refractivity contribution is -0.384. The molecule has 0 aromatic heterocycles. The van der Waals surface area contributed by atoms with Gasteiger partial charge in [-0.25, -0.2) is 0 Å². The largest absolute Gasteiger partial charge is 0.354 e. The van der Waals surface area contributed by atoms with Crippen molar-refractivity contribution in [3.63, 3.8) is 0 Å². The summed E-state index contributed by atoms with van der Waals surface area (Å²) in [6.45, 7) is 6.77. The van der Waals surface area contributed by atoms with Crippen molar-refractivity contribution in [3.05, 3.63) is 38.9 Å². The third-order valence-corrected chi connectivity index (χ3v) is 3.22. The van der Waals surface area contributed by atoms with Gasteiger partial charge in [-0.05, 0) is 24.5 Å². The first-order valence-corrected chi connectivity index (χ1v) is 7.13. The van der Waals surface area contributed by atoms with Crippen LogP contribution in [0.15, 0.2) is 18.2 Å². The number of halogens is 1. The van der Waals surface area contributed by atoms with Crippen LogP contribution in [-0.2, 0) is 11.3 Å². The molecule has 0 aliphatic heterocycles. The molecule has 21 heavy (non-hydrogen) atoms. The SMILES string of the molecule is CC(C)CNC(=O)C(C)NCc1ccc(Cl)c([N+](=O)[O-])c1. The zero-order valence-corrected chi connectivity index (χ0v) is 13.1. The maximum absolute atomic E-state index is 11.8. The van der Waals surface area contributed by atoms with Crippen LogP contribution in [0.4, 0.5) is 5.69 Å². The number of nitro groups is 1. The van der Waals surface area contributed by atoms with Gasteiger partial charge < -0.3 is 10.6 Å². The summed E-state index contributed by atoms with van der Waals surface area (Å²) in [5.74, 6) is 0.298. The lowest BCUT2D eigenvalue weighted by atomic mass is 10.2. The predicted octanol–water partition coefficient (Wildman–Crippen LogP) is 2.50. The van der Waals surface area contributed by atoms with Gasteiger partial charge in [0.1, 0.15) is 5.02 Å². The molecule has 1 unspecified atom stereocenters. The first-order valence-electron chi connectivity index (χ1n) is 6.75. The molecule has 0 aliphatic rings. The van der Waals surface area contributed by atoms with Crippen LogP contribution >= 0.6 is 11.6 Å². The smallest absolute Gasteiger partial charge is 0.288 e. The Labute approximate surface area is 129 Å². The number of hydrogen-bond donors (Lipinski definition) is 2. The number of carbonyl (C=O) groups excluding carboxylic acids is 1. The van der Waals surface area contributed by atoms with Gasteiger partial charge in [0, 0.05) is 19.2 Å². The van der Waals surface area contributed by atoms with Gasteiger partial charge in [0.25, 0.3) is 5.69 Å². The number of amides is 1. The molecule has 1 amide bonds. The van der Waals surface area contributed by atoms with Gasteiger partial charge in [0.05, 0.1) is 11.0 Å². The molecule has 2 N–H and O–H groups in total. The highest BCUT2D eigenvalue weighted by atomic mass is 35.5. The molecule has 7 heteroatoms. The van der Waals surface area contributed by atoms with Crippen molar-refractivity contribution < 1.29 is 9.72 Å². The number of rotatable bonds is 7. The fourth-order valence-electron chi connectivity index (χ4n) is 1.63. The van der Waals surface area contributed by atoms with Crippen LogP contribution in [-0.4, -0.2) is 23.4 Å². The Balaban J connectivity index is 2.57. The summed E-state index contributed by atoms with van der Waals surface area (Å²) in [7, 11) is 0. The van der Waals surface area contributed by atoms with E-state index in [1.807, 2.05) is 13.8 Å². The fraction of sp³-hybridized carbons (Fsp3) is 0.500. The lowest BCUT2D eigenvalue weighted by Gasteiger charge is -2.15. The minimum atomic E-state index is -0.523. The number of nitrogens with zero attached hydrogens (tertiary/aromatic N) is 1. The minimum Gasteiger partial charge on any atom is -0.354 e. The van der Waals surface area contributed by atoms with E-state index in [1.54, 1.807) is 13.0 Å². The Bertz CT molecular complexity index is 520. The Morgan fingerprint density at radius 3 is 2.62 bits per heavy atom. The molecular formula is C14H20ClN3O3. The molecule has 6 nitrogen and oxygen atoms in total. The second-order valence-electron chi connectivity index (χ2n) is 5.28. The van der Waals surface area contributed by atoms with Crippen molar-refractivity contribution in [2.24, 2.45) is 5.92 Å². The van der Waals surface area contributed by atoms with Gasteiger partial charge in [-0.2, -0.15) is 0 Å². The van der Waals surface area contributed by atoms with E-state index >= 15 is 0 Å². The molecule has 0 spiro atoms. The molecule has 0 heterocycles. The molecule has 0 saturated carbocycles. The number of benzene rings is 1. The van der Waals surface area contributed by atoms with Crippen LogP contribution in [0.3, 0.4) is 0 Å². The van der Waals surface area contributed by atoms with Crippen LogP contribution < -0.4 is 10.6 Å². The van der Waals surface area contributed by atoms with Crippen LogP contribution in [0.1, 0.15) is 26.3 Å². The molecule has 1 aromatic rings. The molecule has 116 valence electrons. The van der Waals surface area contributed by atoms with E-state index in [0.29, 0.717) is 24.6 Å². The summed E-state index contributed by atoms with van der Waals surface area (Å²) in [6.07, 6.45) is 0. The molecule has 1 rings (SSSR count). The third kappa shape index (κ3) is 5.69. The molecule has 0 bridgehead atoms. The first kappa shape index (κ1) is 17.4. The minimum absolute atomic E-state index is 0.0906. The number of carbonyl (C=O) groups is 1. The highest BCUT2D eigenvalue weighted by Crippen LogP contribution is 2.24. The van der Waals surface area contributed by atoms with Crippen LogP contribution in [0.5, 0.6) is 0 Å². The first-order chi connectivity index (χ1) is 9.81. The van der Waals surface area contributed by atoms with Gasteiger partial charge in [0.15, 0.2) is 0 Å². The number of nitro benzene ring substituents is 1. The second kappa shape index (κ2) is 7.95. The predicted molar refractivity (Wildman–Crippen MR) is 82.3 cm³/mol. The van der Waals surface area contributed by atoms with Crippen molar-refractivity contribution in [1.82, 2.24) is 10.6 Å². The topological polar surface area (TPSA) is 84.3 Å². The molecule has 0 saturated heterocycles. The van der Waals surface area contributed by atoms with Gasteiger partial charge in [0.2, 0.25) is 5.91 Å². The summed E-state index contributed by atoms with van der Waals surface area (Å²) in [4.78, 5) is 22.1. The van der Waals surface area contributed by atoms with Gasteiger partial charge in [-0.15, -0.1) is 0 Å². The van der Waals surface area contributed by atoms with Gasteiger partial charge >= 0.3 is 0 Å². The second-order valence-corrected chi connectivity index (χ2v) is 5.69. The molecule has 0 radical (unpaired) electrons. The van der Waals surface area contributed by atoms with E-state index in [0.717, 1.165) is 0 Å². The fourth-order valence-corrected chi connectivity index (χ4v) is 1.82. The van der Waals surface area contributed by atoms with E-state index in [-0.39, 0.29) is 22.7 Å². The maximum Gasteiger partial charge on any atom is 0.288 e. The van der Waals surface area contributed by atoms with Crippen molar-refractivity contribution in [2.45, 2.75) is 33.4 Å². The highest BCUT2D eigenvalue weighted by molar-refractivity contribution is 6.32. The van der Waals surface area contributed by atoms with Gasteiger partial charge in [-0.3, -0.25) is 14.9 Å². The molecule has 0 fully saturated rings. The van der Waals surface area contributed by atoms with E-state index in [2.05, 4.69) is 10.6 Å². The Morgan fingerprint density at radius 1 is 1.38 bits per heavy atom. The summed E-state index contributed by atoms with van der Waals surface area (Å²) < 4.78 is 0. The van der Waals surface area contributed by atoms with Crippen molar-refractivity contribution in [1.29, 1.82) is 0 Å². The molecular weight excluding hydrogens is 294 g/mol. The van der Waals surface area contributed by atoms with E-state index in [4.69, 9.17) is 11.6 Å². The average molecular weight is 314 g/mol. The van der Waals surface area contributed by atoms with Crippen LogP contribution in [0.2, 0.25) is 5.02 Å². The standard InChI is InChI=1S/C14H20ClN3O3/c1-9(2)7-17-14(19)10(3)16-8-11-4-5-12(15)13(6-11)18(20)21/h4-6,9-10,16H,7-8H2,1-3H3,(H,17,19). The van der Waals surface area contributed by atoms with Crippen molar-refractivity contribution in [3.8, 4) is 0 Å². The van der Waals surface area contributed by atoms with Crippen LogP contribution in [0.25, 0.3) is 0 Å². The summed E-state index contributed by atoms with van der Waals surface area (Å²) in [6, 6.07) is 4.22. The highest BCUT2D eigenvalue weighted by Gasteiger charge is 2.15. The van der Waals surface area contributed by atoms with Crippen molar-refractivity contribution >= 4 is 23.2 Å². The number of nitrogens with one attached hydrogen (secondary N) is 2. The molecule has 1 atom stereocenters. The van der Waals surface area contributed by atoms with E-state index in [9.17, 15) is 14.9 Å². The lowest BCUT2D eigenvalue weighted by Crippen LogP contribution is -2.42.